The zero-order chi connectivity index (χ0) is 13.4. The summed E-state index contributed by atoms with van der Waals surface area (Å²) in [6.45, 7) is 1.99. The number of nitrogens with one attached hydrogen (secondary N) is 1. The van der Waals surface area contributed by atoms with E-state index in [1.54, 1.807) is 18.2 Å². The fraction of sp³-hybridized carbons (Fsp3) is 0.267. The Balaban J connectivity index is 2.54. The van der Waals surface area contributed by atoms with Gasteiger partial charge in [-0.25, -0.2) is 0 Å². The number of carbonyl (C=O) groups is 1. The second-order valence-electron chi connectivity index (χ2n) is 3.91. The van der Waals surface area contributed by atoms with E-state index >= 15 is 0 Å². The smallest absolute Gasteiger partial charge is 0.244 e. The maximum absolute atomic E-state index is 11.6. The van der Waals surface area contributed by atoms with Crippen LogP contribution < -0.4 is 5.32 Å². The highest BCUT2D eigenvalue weighted by Gasteiger charge is 2.05. The van der Waals surface area contributed by atoms with Crippen LogP contribution in [0.1, 0.15) is 25.3 Å². The van der Waals surface area contributed by atoms with Crippen molar-refractivity contribution in [1.82, 2.24) is 5.32 Å². The van der Waals surface area contributed by atoms with Crippen LogP contribution in [0.3, 0.4) is 0 Å². The Hall–Kier alpha value is -1.72. The van der Waals surface area contributed by atoms with Crippen LogP contribution in [0.25, 0.3) is 6.08 Å². The molecule has 2 nitrogen and oxygen atoms in total. The van der Waals surface area contributed by atoms with Gasteiger partial charge in [-0.1, -0.05) is 30.7 Å². The predicted octanol–water partition coefficient (Wildman–Crippen LogP) is 3.27. The molecule has 0 spiro atoms. The van der Waals surface area contributed by atoms with Crippen molar-refractivity contribution in [3.63, 3.8) is 0 Å². The van der Waals surface area contributed by atoms with Crippen LogP contribution >= 0.6 is 11.6 Å². The molecule has 0 radical (unpaired) electrons. The zero-order valence-electron chi connectivity index (χ0n) is 10.3. The zero-order valence-corrected chi connectivity index (χ0v) is 11.1. The molecule has 0 bridgehead atoms. The lowest BCUT2D eigenvalue weighted by atomic mass is 10.1. The summed E-state index contributed by atoms with van der Waals surface area (Å²) in [4.78, 5) is 11.6. The van der Waals surface area contributed by atoms with Gasteiger partial charge in [0.2, 0.25) is 5.91 Å². The van der Waals surface area contributed by atoms with E-state index in [0.29, 0.717) is 11.4 Å². The van der Waals surface area contributed by atoms with Gasteiger partial charge in [-0.05, 0) is 30.2 Å². The molecule has 0 saturated carbocycles. The van der Waals surface area contributed by atoms with Gasteiger partial charge in [0.25, 0.3) is 0 Å². The monoisotopic (exact) mass is 261 g/mol. The molecule has 0 fully saturated rings. The first kappa shape index (κ1) is 14.3. The van der Waals surface area contributed by atoms with E-state index in [4.69, 9.17) is 18.0 Å². The van der Waals surface area contributed by atoms with Gasteiger partial charge in [0.1, 0.15) is 0 Å². The van der Waals surface area contributed by atoms with Gasteiger partial charge >= 0.3 is 0 Å². The van der Waals surface area contributed by atoms with E-state index < -0.39 is 0 Å². The third-order valence-electron chi connectivity index (χ3n) is 2.50. The molecule has 0 aliphatic carbocycles. The van der Waals surface area contributed by atoms with Crippen molar-refractivity contribution in [2.24, 2.45) is 0 Å². The van der Waals surface area contributed by atoms with Crippen molar-refractivity contribution in [3.05, 3.63) is 40.9 Å². The third-order valence-corrected chi connectivity index (χ3v) is 2.75. The number of halogens is 1. The molecule has 18 heavy (non-hydrogen) atoms. The maximum atomic E-state index is 11.6. The van der Waals surface area contributed by atoms with Crippen molar-refractivity contribution in [2.45, 2.75) is 25.8 Å². The van der Waals surface area contributed by atoms with E-state index in [2.05, 4.69) is 11.2 Å². The molecule has 94 valence electrons. The highest BCUT2D eigenvalue weighted by atomic mass is 35.5. The summed E-state index contributed by atoms with van der Waals surface area (Å²) in [5, 5.41) is 3.53. The largest absolute Gasteiger partial charge is 0.349 e. The second-order valence-corrected chi connectivity index (χ2v) is 4.34. The average molecular weight is 262 g/mol. The third kappa shape index (κ3) is 5.07. The normalized spacial score (nSPS) is 12.1. The molecule has 1 aromatic rings. The van der Waals surface area contributed by atoms with Crippen LogP contribution in [0.2, 0.25) is 5.02 Å². The van der Waals surface area contributed by atoms with Crippen molar-refractivity contribution < 1.29 is 4.79 Å². The number of benzene rings is 1. The van der Waals surface area contributed by atoms with Crippen LogP contribution in [-0.2, 0) is 4.79 Å². The van der Waals surface area contributed by atoms with E-state index in [-0.39, 0.29) is 11.9 Å². The molecule has 1 unspecified atom stereocenters. The summed E-state index contributed by atoms with van der Waals surface area (Å²) >= 11 is 5.77. The van der Waals surface area contributed by atoms with Crippen LogP contribution in [0, 0.1) is 12.3 Å². The molecule has 0 aliphatic heterocycles. The summed E-state index contributed by atoms with van der Waals surface area (Å²) < 4.78 is 0. The fourth-order valence-electron chi connectivity index (χ4n) is 1.43. The lowest BCUT2D eigenvalue weighted by Crippen LogP contribution is -2.32. The standard InChI is InChI=1S/C15H16ClNO/c1-3-5-14(4-2)17-15(18)11-8-12-6-9-13(16)10-7-12/h1,6-11,14H,4-5H2,2H3,(H,17,18)/b11-8+. The number of hydrogen-bond donors (Lipinski definition) is 1. The Labute approximate surface area is 113 Å². The van der Waals surface area contributed by atoms with Crippen molar-refractivity contribution >= 4 is 23.6 Å². The first-order valence-corrected chi connectivity index (χ1v) is 6.21. The van der Waals surface area contributed by atoms with Crippen LogP contribution in [0.15, 0.2) is 30.3 Å². The minimum Gasteiger partial charge on any atom is -0.349 e. The quantitative estimate of drug-likeness (QED) is 0.640. The Morgan fingerprint density at radius 3 is 2.72 bits per heavy atom. The van der Waals surface area contributed by atoms with E-state index in [9.17, 15) is 4.79 Å². The van der Waals surface area contributed by atoms with Gasteiger partial charge < -0.3 is 5.32 Å². The average Bonchev–Trinajstić information content (AvgIpc) is 2.37. The van der Waals surface area contributed by atoms with Crippen molar-refractivity contribution in [1.29, 1.82) is 0 Å². The highest BCUT2D eigenvalue weighted by Crippen LogP contribution is 2.10. The number of amides is 1. The Bertz CT molecular complexity index is 456. The molecule has 0 heterocycles. The van der Waals surface area contributed by atoms with Gasteiger partial charge in [-0.3, -0.25) is 4.79 Å². The topological polar surface area (TPSA) is 29.1 Å². The fourth-order valence-corrected chi connectivity index (χ4v) is 1.56. The Morgan fingerprint density at radius 2 is 2.17 bits per heavy atom. The molecular weight excluding hydrogens is 246 g/mol. The molecule has 0 aromatic heterocycles. The molecule has 1 N–H and O–H groups in total. The van der Waals surface area contributed by atoms with Gasteiger partial charge in [-0.15, -0.1) is 12.3 Å². The number of carbonyl (C=O) groups excluding carboxylic acids is 1. The highest BCUT2D eigenvalue weighted by molar-refractivity contribution is 6.30. The van der Waals surface area contributed by atoms with Crippen LogP contribution in [0.4, 0.5) is 0 Å². The van der Waals surface area contributed by atoms with Crippen molar-refractivity contribution in [2.75, 3.05) is 0 Å². The summed E-state index contributed by atoms with van der Waals surface area (Å²) in [5.74, 6) is 2.42. The molecular formula is C15H16ClNO. The number of hydrogen-bond acceptors (Lipinski definition) is 1. The summed E-state index contributed by atoms with van der Waals surface area (Å²) in [5.41, 5.74) is 0.930. The molecule has 1 aromatic carbocycles. The van der Waals surface area contributed by atoms with E-state index in [1.807, 2.05) is 19.1 Å². The Morgan fingerprint density at radius 1 is 1.50 bits per heavy atom. The number of rotatable bonds is 5. The summed E-state index contributed by atoms with van der Waals surface area (Å²) in [6.07, 6.45) is 9.85. The molecule has 0 aliphatic rings. The second kappa shape index (κ2) is 7.58. The number of terminal acetylenes is 1. The minimum absolute atomic E-state index is 0.0392. The lowest BCUT2D eigenvalue weighted by molar-refractivity contribution is -0.117. The minimum atomic E-state index is -0.132. The van der Waals surface area contributed by atoms with Gasteiger partial charge in [0, 0.05) is 23.6 Å². The maximum Gasteiger partial charge on any atom is 0.244 e. The lowest BCUT2D eigenvalue weighted by Gasteiger charge is -2.12. The molecule has 1 amide bonds. The predicted molar refractivity (Wildman–Crippen MR) is 76.2 cm³/mol. The molecule has 0 saturated heterocycles. The molecule has 1 atom stereocenters. The van der Waals surface area contributed by atoms with E-state index in [0.717, 1.165) is 12.0 Å². The summed E-state index contributed by atoms with van der Waals surface area (Å²) in [7, 11) is 0. The van der Waals surface area contributed by atoms with E-state index in [1.165, 1.54) is 6.08 Å². The van der Waals surface area contributed by atoms with Crippen molar-refractivity contribution in [3.8, 4) is 12.3 Å². The molecule has 3 heteroatoms. The summed E-state index contributed by atoms with van der Waals surface area (Å²) in [6, 6.07) is 7.31. The van der Waals surface area contributed by atoms with Crippen LogP contribution in [0.5, 0.6) is 0 Å². The Kier molecular flexibility index (Phi) is 6.04. The molecule has 1 rings (SSSR count). The van der Waals surface area contributed by atoms with Crippen LogP contribution in [-0.4, -0.2) is 11.9 Å². The van der Waals surface area contributed by atoms with Gasteiger partial charge in [0.05, 0.1) is 0 Å². The first-order chi connectivity index (χ1) is 8.65. The van der Waals surface area contributed by atoms with Gasteiger partial charge in [-0.2, -0.15) is 0 Å². The van der Waals surface area contributed by atoms with Gasteiger partial charge in [0.15, 0.2) is 0 Å². The first-order valence-electron chi connectivity index (χ1n) is 5.83. The SMILES string of the molecule is C#CCC(CC)NC(=O)/C=C/c1ccc(Cl)cc1.